The van der Waals surface area contributed by atoms with Crippen LogP contribution in [0.3, 0.4) is 0 Å². The van der Waals surface area contributed by atoms with Gasteiger partial charge >= 0.3 is 0 Å². The first-order chi connectivity index (χ1) is 9.99. The summed E-state index contributed by atoms with van der Waals surface area (Å²) in [7, 11) is 0. The van der Waals surface area contributed by atoms with Crippen LogP contribution in [-0.4, -0.2) is 15.8 Å². The second kappa shape index (κ2) is 5.96. The van der Waals surface area contributed by atoms with Gasteiger partial charge in [-0.3, -0.25) is 14.9 Å². The fraction of sp³-hybridized carbons (Fsp3) is 0. The molecule has 5 nitrogen and oxygen atoms in total. The molecule has 0 aliphatic carbocycles. The summed E-state index contributed by atoms with van der Waals surface area (Å²) < 4.78 is 13.4. The number of benzene rings is 2. The van der Waals surface area contributed by atoms with E-state index in [-0.39, 0.29) is 22.6 Å². The molecule has 0 radical (unpaired) electrons. The fourth-order valence-corrected chi connectivity index (χ4v) is 1.70. The maximum atomic E-state index is 13.4. The van der Waals surface area contributed by atoms with Gasteiger partial charge in [0, 0.05) is 17.7 Å². The normalized spacial score (nSPS) is 10.7. The molecule has 0 aliphatic rings. The highest BCUT2D eigenvalue weighted by molar-refractivity contribution is 6.08. The molecule has 106 valence electrons. The van der Waals surface area contributed by atoms with Gasteiger partial charge in [-0.05, 0) is 24.3 Å². The Bertz CT molecular complexity index is 740. The zero-order valence-corrected chi connectivity index (χ0v) is 10.7. The SMILES string of the molecule is O=C(C=Cc1ccccc1F)c1cc([N+](=O)[O-])ccc1O. The van der Waals surface area contributed by atoms with Crippen LogP contribution in [0.5, 0.6) is 5.75 Å². The zero-order chi connectivity index (χ0) is 15.4. The summed E-state index contributed by atoms with van der Waals surface area (Å²) in [5, 5.41) is 20.2. The Kier molecular flexibility index (Phi) is 4.08. The van der Waals surface area contributed by atoms with E-state index in [1.54, 1.807) is 6.07 Å². The third kappa shape index (κ3) is 3.30. The Morgan fingerprint density at radius 1 is 1.24 bits per heavy atom. The molecular formula is C15H10FNO4. The molecular weight excluding hydrogens is 277 g/mol. The van der Waals surface area contributed by atoms with E-state index >= 15 is 0 Å². The predicted octanol–water partition coefficient (Wildman–Crippen LogP) is 3.34. The van der Waals surface area contributed by atoms with Crippen LogP contribution in [0.1, 0.15) is 15.9 Å². The molecule has 0 aliphatic heterocycles. The lowest BCUT2D eigenvalue weighted by Gasteiger charge is -2.00. The molecule has 0 atom stereocenters. The molecule has 0 unspecified atom stereocenters. The molecule has 0 fully saturated rings. The Hall–Kier alpha value is -3.02. The third-order valence-corrected chi connectivity index (χ3v) is 2.78. The van der Waals surface area contributed by atoms with Gasteiger partial charge in [-0.25, -0.2) is 4.39 Å². The first kappa shape index (κ1) is 14.4. The number of halogens is 1. The number of aromatic hydroxyl groups is 1. The van der Waals surface area contributed by atoms with Gasteiger partial charge in [0.2, 0.25) is 0 Å². The lowest BCUT2D eigenvalue weighted by Crippen LogP contribution is -1.97. The molecule has 2 rings (SSSR count). The summed E-state index contributed by atoms with van der Waals surface area (Å²) in [6.07, 6.45) is 2.30. The summed E-state index contributed by atoms with van der Waals surface area (Å²) in [4.78, 5) is 21.9. The number of nitro benzene ring substituents is 1. The van der Waals surface area contributed by atoms with E-state index in [2.05, 4.69) is 0 Å². The first-order valence-electron chi connectivity index (χ1n) is 5.93. The second-order valence-corrected chi connectivity index (χ2v) is 4.18. The van der Waals surface area contributed by atoms with E-state index in [0.29, 0.717) is 0 Å². The number of allylic oxidation sites excluding steroid dienone is 1. The lowest BCUT2D eigenvalue weighted by molar-refractivity contribution is -0.384. The van der Waals surface area contributed by atoms with E-state index in [0.717, 1.165) is 24.3 Å². The van der Waals surface area contributed by atoms with Crippen molar-refractivity contribution in [3.05, 3.63) is 75.6 Å². The van der Waals surface area contributed by atoms with Crippen molar-refractivity contribution in [2.45, 2.75) is 0 Å². The van der Waals surface area contributed by atoms with Gasteiger partial charge in [0.05, 0.1) is 10.5 Å². The lowest BCUT2D eigenvalue weighted by atomic mass is 10.1. The largest absolute Gasteiger partial charge is 0.507 e. The van der Waals surface area contributed by atoms with Gasteiger partial charge in [-0.1, -0.05) is 18.2 Å². The Morgan fingerprint density at radius 3 is 2.62 bits per heavy atom. The molecule has 0 bridgehead atoms. The van der Waals surface area contributed by atoms with E-state index in [4.69, 9.17) is 0 Å². The highest BCUT2D eigenvalue weighted by Crippen LogP contribution is 2.24. The number of carbonyl (C=O) groups is 1. The molecule has 21 heavy (non-hydrogen) atoms. The smallest absolute Gasteiger partial charge is 0.270 e. The van der Waals surface area contributed by atoms with Gasteiger partial charge < -0.3 is 5.11 Å². The van der Waals surface area contributed by atoms with Gasteiger partial charge in [0.15, 0.2) is 5.78 Å². The van der Waals surface area contributed by atoms with Gasteiger partial charge in [-0.2, -0.15) is 0 Å². The van der Waals surface area contributed by atoms with E-state index in [1.165, 1.54) is 24.3 Å². The Morgan fingerprint density at radius 2 is 1.95 bits per heavy atom. The van der Waals surface area contributed by atoms with Crippen LogP contribution in [0.25, 0.3) is 6.08 Å². The molecule has 0 aromatic heterocycles. The molecule has 0 heterocycles. The molecule has 0 saturated heterocycles. The third-order valence-electron chi connectivity index (χ3n) is 2.78. The minimum absolute atomic E-state index is 0.204. The van der Waals surface area contributed by atoms with Crippen molar-refractivity contribution >= 4 is 17.5 Å². The monoisotopic (exact) mass is 287 g/mol. The van der Waals surface area contributed by atoms with Crippen molar-refractivity contribution < 1.29 is 19.2 Å². The predicted molar refractivity (Wildman–Crippen MR) is 74.5 cm³/mol. The summed E-state index contributed by atoms with van der Waals surface area (Å²) in [5.74, 6) is -1.52. The van der Waals surface area contributed by atoms with E-state index in [9.17, 15) is 24.4 Å². The standard InChI is InChI=1S/C15H10FNO4/c16-13-4-2-1-3-10(13)5-7-14(18)12-9-11(17(20)21)6-8-15(12)19/h1-9,19H. The average molecular weight is 287 g/mol. The molecule has 0 amide bonds. The number of phenols is 1. The van der Waals surface area contributed by atoms with Crippen LogP contribution < -0.4 is 0 Å². The number of rotatable bonds is 4. The Labute approximate surface area is 119 Å². The van der Waals surface area contributed by atoms with Crippen LogP contribution in [0.4, 0.5) is 10.1 Å². The molecule has 1 N–H and O–H groups in total. The quantitative estimate of drug-likeness (QED) is 0.405. The summed E-state index contributed by atoms with van der Waals surface area (Å²) in [6, 6.07) is 8.98. The van der Waals surface area contributed by atoms with Crippen molar-refractivity contribution in [2.24, 2.45) is 0 Å². The summed E-state index contributed by atoms with van der Waals surface area (Å²) in [6.45, 7) is 0. The number of hydrogen-bond acceptors (Lipinski definition) is 4. The van der Waals surface area contributed by atoms with Crippen LogP contribution in [0, 0.1) is 15.9 Å². The van der Waals surface area contributed by atoms with Gasteiger partial charge in [0.1, 0.15) is 11.6 Å². The number of nitrogens with zero attached hydrogens (tertiary/aromatic N) is 1. The molecule has 2 aromatic carbocycles. The van der Waals surface area contributed by atoms with Crippen molar-refractivity contribution in [1.29, 1.82) is 0 Å². The first-order valence-corrected chi connectivity index (χ1v) is 5.93. The van der Waals surface area contributed by atoms with Gasteiger partial charge in [0.25, 0.3) is 5.69 Å². The number of nitro groups is 1. The van der Waals surface area contributed by atoms with Crippen LogP contribution in [0.2, 0.25) is 0 Å². The van der Waals surface area contributed by atoms with E-state index < -0.39 is 16.5 Å². The highest BCUT2D eigenvalue weighted by Gasteiger charge is 2.14. The summed E-state index contributed by atoms with van der Waals surface area (Å²) >= 11 is 0. The van der Waals surface area contributed by atoms with Crippen LogP contribution in [-0.2, 0) is 0 Å². The topological polar surface area (TPSA) is 80.4 Å². The van der Waals surface area contributed by atoms with Crippen molar-refractivity contribution in [2.75, 3.05) is 0 Å². The van der Waals surface area contributed by atoms with E-state index in [1.807, 2.05) is 0 Å². The molecule has 0 spiro atoms. The zero-order valence-electron chi connectivity index (χ0n) is 10.7. The fourth-order valence-electron chi connectivity index (χ4n) is 1.70. The number of hydrogen-bond donors (Lipinski definition) is 1. The van der Waals surface area contributed by atoms with Crippen molar-refractivity contribution in [1.82, 2.24) is 0 Å². The average Bonchev–Trinajstić information content (AvgIpc) is 2.46. The minimum atomic E-state index is -0.670. The summed E-state index contributed by atoms with van der Waals surface area (Å²) in [5.41, 5.74) is -0.317. The number of non-ortho nitro benzene ring substituents is 1. The van der Waals surface area contributed by atoms with Crippen LogP contribution in [0.15, 0.2) is 48.5 Å². The van der Waals surface area contributed by atoms with Crippen molar-refractivity contribution in [3.63, 3.8) is 0 Å². The molecule has 0 saturated carbocycles. The number of ketones is 1. The number of phenolic OH excluding ortho intramolecular Hbond substituents is 1. The molecule has 2 aromatic rings. The molecule has 6 heteroatoms. The second-order valence-electron chi connectivity index (χ2n) is 4.18. The van der Waals surface area contributed by atoms with Crippen molar-refractivity contribution in [3.8, 4) is 5.75 Å². The van der Waals surface area contributed by atoms with Crippen LogP contribution >= 0.6 is 0 Å². The minimum Gasteiger partial charge on any atom is -0.507 e. The number of carbonyl (C=O) groups excluding carboxylic acids is 1. The maximum absolute atomic E-state index is 13.4. The van der Waals surface area contributed by atoms with Gasteiger partial charge in [-0.15, -0.1) is 0 Å². The maximum Gasteiger partial charge on any atom is 0.270 e. The highest BCUT2D eigenvalue weighted by atomic mass is 19.1. The Balaban J connectivity index is 2.31.